The average molecular weight is 428 g/mol. The van der Waals surface area contributed by atoms with Gasteiger partial charge in [-0.05, 0) is 63.2 Å². The third-order valence-corrected chi connectivity index (χ3v) is 5.86. The van der Waals surface area contributed by atoms with Crippen LogP contribution in [0, 0.1) is 6.92 Å². The predicted octanol–water partition coefficient (Wildman–Crippen LogP) is 4.25. The van der Waals surface area contributed by atoms with Crippen LogP contribution in [0.1, 0.15) is 28.9 Å². The number of aryl methyl sites for hydroxylation is 1. The van der Waals surface area contributed by atoms with E-state index in [1.54, 1.807) is 18.6 Å². The number of aromatic nitrogens is 4. The third kappa shape index (κ3) is 4.11. The molecular weight excluding hydrogens is 402 g/mol. The van der Waals surface area contributed by atoms with E-state index in [1.165, 1.54) is 12.8 Å². The lowest BCUT2D eigenvalue weighted by Crippen LogP contribution is -2.25. The molecule has 4 aromatic rings. The lowest BCUT2D eigenvalue weighted by molar-refractivity contribution is 0.0474. The van der Waals surface area contributed by atoms with E-state index in [0.29, 0.717) is 12.2 Å². The van der Waals surface area contributed by atoms with Gasteiger partial charge in [0.2, 0.25) is 0 Å². The van der Waals surface area contributed by atoms with E-state index in [0.717, 1.165) is 58.9 Å². The number of rotatable bonds is 6. The molecule has 0 aliphatic carbocycles. The van der Waals surface area contributed by atoms with Crippen LogP contribution in [0.25, 0.3) is 33.5 Å². The van der Waals surface area contributed by atoms with Crippen molar-refractivity contribution in [1.82, 2.24) is 24.8 Å². The Morgan fingerprint density at radius 3 is 2.84 bits per heavy atom. The highest BCUT2D eigenvalue weighted by molar-refractivity contribution is 6.04. The molecule has 7 nitrogen and oxygen atoms in total. The second-order valence-electron chi connectivity index (χ2n) is 8.07. The first-order chi connectivity index (χ1) is 15.7. The molecule has 32 heavy (non-hydrogen) atoms. The molecule has 1 fully saturated rings. The van der Waals surface area contributed by atoms with Crippen molar-refractivity contribution < 1.29 is 9.53 Å². The minimum Gasteiger partial charge on any atom is -0.461 e. The number of benzene rings is 1. The highest BCUT2D eigenvalue weighted by Crippen LogP contribution is 2.31. The fraction of sp³-hybridized carbons (Fsp3) is 0.280. The number of carbonyl (C=O) groups excluding carboxylic acids is 1. The Kier molecular flexibility index (Phi) is 5.64. The number of aromatic amines is 1. The first kappa shape index (κ1) is 20.3. The number of pyridine rings is 2. The zero-order valence-electron chi connectivity index (χ0n) is 18.0. The topological polar surface area (TPSA) is 84.0 Å². The summed E-state index contributed by atoms with van der Waals surface area (Å²) in [4.78, 5) is 32.0. The number of carbonyl (C=O) groups is 1. The van der Waals surface area contributed by atoms with E-state index in [1.807, 2.05) is 43.3 Å². The van der Waals surface area contributed by atoms with Crippen molar-refractivity contribution >= 4 is 16.9 Å². The molecule has 1 aliphatic heterocycles. The van der Waals surface area contributed by atoms with Crippen molar-refractivity contribution in [1.29, 1.82) is 0 Å². The summed E-state index contributed by atoms with van der Waals surface area (Å²) in [5.41, 5.74) is 5.53. The second kappa shape index (κ2) is 8.88. The Morgan fingerprint density at radius 2 is 2.00 bits per heavy atom. The zero-order chi connectivity index (χ0) is 21.9. The highest BCUT2D eigenvalue weighted by Gasteiger charge is 2.17. The van der Waals surface area contributed by atoms with Gasteiger partial charge in [0.1, 0.15) is 6.61 Å². The van der Waals surface area contributed by atoms with Crippen LogP contribution in [0.2, 0.25) is 0 Å². The summed E-state index contributed by atoms with van der Waals surface area (Å²) >= 11 is 0. The maximum absolute atomic E-state index is 12.9. The molecule has 1 saturated heterocycles. The first-order valence-electron chi connectivity index (χ1n) is 10.9. The number of imidazole rings is 1. The molecule has 4 heterocycles. The minimum absolute atomic E-state index is 0.323. The zero-order valence-corrected chi connectivity index (χ0v) is 18.0. The van der Waals surface area contributed by atoms with E-state index >= 15 is 0 Å². The number of esters is 1. The number of nitrogens with one attached hydrogen (secondary N) is 1. The van der Waals surface area contributed by atoms with Crippen LogP contribution in [-0.2, 0) is 4.74 Å². The summed E-state index contributed by atoms with van der Waals surface area (Å²) in [6.45, 7) is 5.30. The van der Waals surface area contributed by atoms with Gasteiger partial charge in [0.25, 0.3) is 0 Å². The molecule has 1 aliphatic rings. The Morgan fingerprint density at radius 1 is 1.12 bits per heavy atom. The molecule has 0 atom stereocenters. The molecule has 162 valence electrons. The summed E-state index contributed by atoms with van der Waals surface area (Å²) in [5.74, 6) is -0.323. The SMILES string of the molecule is Cc1cccc(-c2[nH]cnc2-c2ccc3nccc(C(=O)OCCN4CCCC4)c3c2)n1. The van der Waals surface area contributed by atoms with Crippen LogP contribution in [0.4, 0.5) is 0 Å². The molecule has 5 rings (SSSR count). The van der Waals surface area contributed by atoms with Crippen LogP contribution < -0.4 is 0 Å². The predicted molar refractivity (Wildman–Crippen MR) is 123 cm³/mol. The van der Waals surface area contributed by atoms with Gasteiger partial charge in [-0.1, -0.05) is 12.1 Å². The van der Waals surface area contributed by atoms with Crippen molar-refractivity contribution in [2.75, 3.05) is 26.2 Å². The van der Waals surface area contributed by atoms with Crippen molar-refractivity contribution in [2.24, 2.45) is 0 Å². The van der Waals surface area contributed by atoms with E-state index < -0.39 is 0 Å². The number of hydrogen-bond donors (Lipinski definition) is 1. The molecule has 1 aromatic carbocycles. The number of nitrogens with zero attached hydrogens (tertiary/aromatic N) is 4. The monoisotopic (exact) mass is 427 g/mol. The molecule has 0 radical (unpaired) electrons. The summed E-state index contributed by atoms with van der Waals surface area (Å²) in [5, 5.41) is 0.752. The molecule has 0 saturated carbocycles. The van der Waals surface area contributed by atoms with Gasteiger partial charge >= 0.3 is 5.97 Å². The summed E-state index contributed by atoms with van der Waals surface area (Å²) in [6, 6.07) is 13.4. The van der Waals surface area contributed by atoms with Gasteiger partial charge in [-0.15, -0.1) is 0 Å². The van der Waals surface area contributed by atoms with Crippen LogP contribution in [0.15, 0.2) is 55.0 Å². The van der Waals surface area contributed by atoms with Gasteiger partial charge in [-0.3, -0.25) is 14.9 Å². The molecule has 0 amide bonds. The van der Waals surface area contributed by atoms with Crippen LogP contribution >= 0.6 is 0 Å². The second-order valence-corrected chi connectivity index (χ2v) is 8.07. The fourth-order valence-electron chi connectivity index (χ4n) is 4.21. The first-order valence-corrected chi connectivity index (χ1v) is 10.9. The number of ether oxygens (including phenoxy) is 1. The maximum Gasteiger partial charge on any atom is 0.338 e. The van der Waals surface area contributed by atoms with E-state index in [4.69, 9.17) is 4.74 Å². The maximum atomic E-state index is 12.9. The number of hydrogen-bond acceptors (Lipinski definition) is 6. The highest BCUT2D eigenvalue weighted by atomic mass is 16.5. The van der Waals surface area contributed by atoms with Gasteiger partial charge in [-0.2, -0.15) is 0 Å². The molecule has 0 bridgehead atoms. The van der Waals surface area contributed by atoms with Gasteiger partial charge in [0.15, 0.2) is 0 Å². The molecule has 0 unspecified atom stereocenters. The van der Waals surface area contributed by atoms with Crippen molar-refractivity contribution in [3.05, 3.63) is 66.2 Å². The van der Waals surface area contributed by atoms with Gasteiger partial charge < -0.3 is 9.72 Å². The Bertz CT molecular complexity index is 1260. The summed E-state index contributed by atoms with van der Waals surface area (Å²) in [7, 11) is 0. The number of H-pyrrole nitrogens is 1. The smallest absolute Gasteiger partial charge is 0.338 e. The summed E-state index contributed by atoms with van der Waals surface area (Å²) < 4.78 is 5.59. The molecule has 1 N–H and O–H groups in total. The van der Waals surface area contributed by atoms with Crippen molar-refractivity contribution in [2.45, 2.75) is 19.8 Å². The largest absolute Gasteiger partial charge is 0.461 e. The van der Waals surface area contributed by atoms with Gasteiger partial charge in [0.05, 0.1) is 34.5 Å². The molecule has 0 spiro atoms. The number of likely N-dealkylation sites (tertiary alicyclic amines) is 1. The number of fused-ring (bicyclic) bond motifs is 1. The van der Waals surface area contributed by atoms with Crippen molar-refractivity contribution in [3.63, 3.8) is 0 Å². The standard InChI is InChI=1S/C25H25N5O2/c1-17-5-4-6-22(29-17)24-23(27-16-28-24)18-7-8-21-20(15-18)19(9-10-26-21)25(31)32-14-13-30-11-2-3-12-30/h4-10,15-16H,2-3,11-14H2,1H3,(H,27,28). The lowest BCUT2D eigenvalue weighted by Gasteiger charge is -2.14. The molecule has 3 aromatic heterocycles. The van der Waals surface area contributed by atoms with E-state index in [2.05, 4.69) is 24.8 Å². The van der Waals surface area contributed by atoms with E-state index in [-0.39, 0.29) is 5.97 Å². The quantitative estimate of drug-likeness (QED) is 0.463. The van der Waals surface area contributed by atoms with Crippen LogP contribution in [0.3, 0.4) is 0 Å². The summed E-state index contributed by atoms with van der Waals surface area (Å²) in [6.07, 6.45) is 5.75. The van der Waals surface area contributed by atoms with Crippen LogP contribution in [0.5, 0.6) is 0 Å². The third-order valence-electron chi connectivity index (χ3n) is 5.86. The fourth-order valence-corrected chi connectivity index (χ4v) is 4.21. The van der Waals surface area contributed by atoms with Crippen LogP contribution in [-0.4, -0.2) is 57.0 Å². The lowest BCUT2D eigenvalue weighted by atomic mass is 10.0. The van der Waals surface area contributed by atoms with Gasteiger partial charge in [0, 0.05) is 29.4 Å². The average Bonchev–Trinajstić information content (AvgIpc) is 3.50. The Hall–Kier alpha value is -3.58. The van der Waals surface area contributed by atoms with Gasteiger partial charge in [-0.25, -0.2) is 9.78 Å². The Labute approximate surface area is 186 Å². The molecular formula is C25H25N5O2. The van der Waals surface area contributed by atoms with E-state index in [9.17, 15) is 4.79 Å². The Balaban J connectivity index is 1.44. The van der Waals surface area contributed by atoms with Crippen molar-refractivity contribution in [3.8, 4) is 22.6 Å². The molecule has 7 heteroatoms. The minimum atomic E-state index is -0.323. The normalized spacial score (nSPS) is 14.2.